The van der Waals surface area contributed by atoms with E-state index in [2.05, 4.69) is 16.7 Å². The summed E-state index contributed by atoms with van der Waals surface area (Å²) in [5, 5.41) is 6.40. The summed E-state index contributed by atoms with van der Waals surface area (Å²) in [6.07, 6.45) is 2.76. The number of rotatable bonds is 0. The van der Waals surface area contributed by atoms with Gasteiger partial charge in [-0.25, -0.2) is 0 Å². The highest BCUT2D eigenvalue weighted by molar-refractivity contribution is 5.93. The van der Waals surface area contributed by atoms with Gasteiger partial charge in [-0.2, -0.15) is 0 Å². The number of nitrogens with one attached hydrogen (secondary N) is 2. The van der Waals surface area contributed by atoms with Crippen molar-refractivity contribution in [2.24, 2.45) is 0 Å². The van der Waals surface area contributed by atoms with Crippen LogP contribution in [0.4, 0.5) is 11.4 Å². The van der Waals surface area contributed by atoms with Gasteiger partial charge in [-0.3, -0.25) is 4.79 Å². The van der Waals surface area contributed by atoms with E-state index in [4.69, 9.17) is 0 Å². The minimum absolute atomic E-state index is 0.147. The number of hydrogen-bond donors (Lipinski definition) is 2. The SMILES string of the molecule is O=C1CCCC2CNc3cccc(c32)N1. The van der Waals surface area contributed by atoms with Gasteiger partial charge in [0.1, 0.15) is 0 Å². The van der Waals surface area contributed by atoms with Crippen molar-refractivity contribution in [3.05, 3.63) is 23.8 Å². The summed E-state index contributed by atoms with van der Waals surface area (Å²) < 4.78 is 0. The van der Waals surface area contributed by atoms with Crippen molar-refractivity contribution in [2.75, 3.05) is 17.2 Å². The fraction of sp³-hybridized carbons (Fsp3) is 0.417. The van der Waals surface area contributed by atoms with Gasteiger partial charge in [-0.05, 0) is 25.0 Å². The average molecular weight is 202 g/mol. The molecule has 2 heterocycles. The molecule has 3 heteroatoms. The van der Waals surface area contributed by atoms with Crippen LogP contribution in [0.1, 0.15) is 30.7 Å². The maximum Gasteiger partial charge on any atom is 0.224 e. The lowest BCUT2D eigenvalue weighted by molar-refractivity contribution is -0.116. The molecule has 0 aromatic heterocycles. The van der Waals surface area contributed by atoms with Gasteiger partial charge in [-0.15, -0.1) is 0 Å². The summed E-state index contributed by atoms with van der Waals surface area (Å²) in [6.45, 7) is 1.02. The molecule has 1 aromatic carbocycles. The van der Waals surface area contributed by atoms with E-state index in [1.165, 1.54) is 11.3 Å². The van der Waals surface area contributed by atoms with Crippen molar-refractivity contribution in [1.82, 2.24) is 0 Å². The van der Waals surface area contributed by atoms with Crippen molar-refractivity contribution < 1.29 is 4.79 Å². The van der Waals surface area contributed by atoms with E-state index in [0.29, 0.717) is 12.3 Å². The fourth-order valence-electron chi connectivity index (χ4n) is 2.57. The van der Waals surface area contributed by atoms with Gasteiger partial charge in [0.2, 0.25) is 5.91 Å². The summed E-state index contributed by atoms with van der Waals surface area (Å²) in [5.41, 5.74) is 3.51. The molecular weight excluding hydrogens is 188 g/mol. The number of anilines is 2. The lowest BCUT2D eigenvalue weighted by Gasteiger charge is -2.18. The number of carbonyl (C=O) groups excluding carboxylic acids is 1. The Morgan fingerprint density at radius 1 is 1.27 bits per heavy atom. The molecule has 0 saturated heterocycles. The quantitative estimate of drug-likeness (QED) is 0.678. The molecule has 0 aliphatic carbocycles. The van der Waals surface area contributed by atoms with Gasteiger partial charge >= 0.3 is 0 Å². The maximum absolute atomic E-state index is 11.5. The number of amides is 1. The average Bonchev–Trinajstić information content (AvgIpc) is 2.60. The van der Waals surface area contributed by atoms with Gasteiger partial charge in [0.15, 0.2) is 0 Å². The largest absolute Gasteiger partial charge is 0.384 e. The Hall–Kier alpha value is -1.51. The van der Waals surface area contributed by atoms with E-state index in [9.17, 15) is 4.79 Å². The van der Waals surface area contributed by atoms with Crippen LogP contribution in [0.15, 0.2) is 18.2 Å². The summed E-state index contributed by atoms with van der Waals surface area (Å²) in [4.78, 5) is 11.5. The Morgan fingerprint density at radius 3 is 3.07 bits per heavy atom. The number of carbonyl (C=O) groups is 1. The Bertz CT molecular complexity index is 414. The first-order valence-corrected chi connectivity index (χ1v) is 5.51. The highest BCUT2D eigenvalue weighted by Gasteiger charge is 2.27. The second-order valence-electron chi connectivity index (χ2n) is 4.29. The van der Waals surface area contributed by atoms with Crippen LogP contribution in [-0.4, -0.2) is 12.5 Å². The summed E-state index contributed by atoms with van der Waals surface area (Å²) in [6, 6.07) is 6.08. The third-order valence-corrected chi connectivity index (χ3v) is 3.28. The molecule has 0 radical (unpaired) electrons. The first-order valence-electron chi connectivity index (χ1n) is 5.51. The van der Waals surface area contributed by atoms with Crippen LogP contribution in [0.5, 0.6) is 0 Å². The molecule has 1 aromatic rings. The number of hydrogen-bond acceptors (Lipinski definition) is 2. The lowest BCUT2D eigenvalue weighted by atomic mass is 9.92. The molecule has 3 rings (SSSR count). The second-order valence-corrected chi connectivity index (χ2v) is 4.29. The predicted molar refractivity (Wildman–Crippen MR) is 60.2 cm³/mol. The summed E-state index contributed by atoms with van der Waals surface area (Å²) in [5.74, 6) is 0.727. The van der Waals surface area contributed by atoms with Crippen molar-refractivity contribution in [2.45, 2.75) is 25.2 Å². The molecule has 78 valence electrons. The topological polar surface area (TPSA) is 41.1 Å². The Balaban J connectivity index is 2.10. The van der Waals surface area contributed by atoms with Gasteiger partial charge in [-0.1, -0.05) is 6.07 Å². The highest BCUT2D eigenvalue weighted by Crippen LogP contribution is 2.40. The van der Waals surface area contributed by atoms with E-state index >= 15 is 0 Å². The van der Waals surface area contributed by atoms with Crippen molar-refractivity contribution in [1.29, 1.82) is 0 Å². The first-order chi connectivity index (χ1) is 7.34. The monoisotopic (exact) mass is 202 g/mol. The highest BCUT2D eigenvalue weighted by atomic mass is 16.1. The standard InChI is InChI=1S/C12H14N2O/c15-11-6-1-3-8-7-13-9-4-2-5-10(14-11)12(8)9/h2,4-5,8,13H,1,3,6-7H2,(H,14,15). The Morgan fingerprint density at radius 2 is 2.13 bits per heavy atom. The van der Waals surface area contributed by atoms with Gasteiger partial charge in [0, 0.05) is 35.8 Å². The van der Waals surface area contributed by atoms with Crippen LogP contribution in [-0.2, 0) is 4.79 Å². The Labute approximate surface area is 88.9 Å². The van der Waals surface area contributed by atoms with Crippen LogP contribution in [0.25, 0.3) is 0 Å². The normalized spacial score (nSPS) is 23.5. The van der Waals surface area contributed by atoms with Gasteiger partial charge < -0.3 is 10.6 Å². The molecule has 0 saturated carbocycles. The molecule has 0 spiro atoms. The van der Waals surface area contributed by atoms with Crippen LogP contribution in [0, 0.1) is 0 Å². The molecular formula is C12H14N2O. The van der Waals surface area contributed by atoms with E-state index in [0.717, 1.165) is 25.1 Å². The lowest BCUT2D eigenvalue weighted by Crippen LogP contribution is -2.16. The van der Waals surface area contributed by atoms with Crippen LogP contribution < -0.4 is 10.6 Å². The van der Waals surface area contributed by atoms with Crippen molar-refractivity contribution in [3.8, 4) is 0 Å². The molecule has 3 nitrogen and oxygen atoms in total. The number of benzene rings is 1. The zero-order valence-electron chi connectivity index (χ0n) is 8.55. The van der Waals surface area contributed by atoms with E-state index in [1.54, 1.807) is 0 Å². The molecule has 1 atom stereocenters. The van der Waals surface area contributed by atoms with Crippen molar-refractivity contribution in [3.63, 3.8) is 0 Å². The molecule has 2 aliphatic heterocycles. The predicted octanol–water partition coefficient (Wildman–Crippen LogP) is 2.32. The van der Waals surface area contributed by atoms with E-state index in [1.807, 2.05) is 12.1 Å². The Kier molecular flexibility index (Phi) is 1.91. The zero-order valence-corrected chi connectivity index (χ0v) is 8.55. The van der Waals surface area contributed by atoms with Crippen LogP contribution >= 0.6 is 0 Å². The molecule has 15 heavy (non-hydrogen) atoms. The third kappa shape index (κ3) is 1.39. The molecule has 2 N–H and O–H groups in total. The van der Waals surface area contributed by atoms with Gasteiger partial charge in [0.25, 0.3) is 0 Å². The third-order valence-electron chi connectivity index (χ3n) is 3.28. The molecule has 1 unspecified atom stereocenters. The van der Waals surface area contributed by atoms with E-state index < -0.39 is 0 Å². The molecule has 0 fully saturated rings. The summed E-state index contributed by atoms with van der Waals surface area (Å²) >= 11 is 0. The smallest absolute Gasteiger partial charge is 0.224 e. The first kappa shape index (κ1) is 8.77. The maximum atomic E-state index is 11.5. The zero-order chi connectivity index (χ0) is 10.3. The van der Waals surface area contributed by atoms with Gasteiger partial charge in [0.05, 0.1) is 0 Å². The fourth-order valence-corrected chi connectivity index (χ4v) is 2.57. The minimum atomic E-state index is 0.147. The minimum Gasteiger partial charge on any atom is -0.384 e. The molecule has 0 bridgehead atoms. The molecule has 1 amide bonds. The van der Waals surface area contributed by atoms with E-state index in [-0.39, 0.29) is 5.91 Å². The van der Waals surface area contributed by atoms with Crippen molar-refractivity contribution >= 4 is 17.3 Å². The molecule has 2 aliphatic rings. The second kappa shape index (κ2) is 3.26. The van der Waals surface area contributed by atoms with Crippen LogP contribution in [0.2, 0.25) is 0 Å². The van der Waals surface area contributed by atoms with Crippen LogP contribution in [0.3, 0.4) is 0 Å². The summed E-state index contributed by atoms with van der Waals surface area (Å²) in [7, 11) is 0.